The van der Waals surface area contributed by atoms with Gasteiger partial charge in [0.05, 0.1) is 12.2 Å². The zero-order valence-electron chi connectivity index (χ0n) is 16.1. The molecule has 2 aromatic rings. The first-order valence-electron chi connectivity index (χ1n) is 9.23. The molecule has 0 amide bonds. The quantitative estimate of drug-likeness (QED) is 0.617. The van der Waals surface area contributed by atoms with E-state index < -0.39 is 0 Å². The third kappa shape index (κ3) is 3.74. The average Bonchev–Trinajstić information content (AvgIpc) is 3.35. The van der Waals surface area contributed by atoms with Crippen molar-refractivity contribution >= 4 is 5.96 Å². The lowest BCUT2D eigenvalue weighted by atomic mass is 9.95. The van der Waals surface area contributed by atoms with Crippen LogP contribution in [0.25, 0.3) is 0 Å². The van der Waals surface area contributed by atoms with Crippen molar-refractivity contribution in [3.63, 3.8) is 0 Å². The summed E-state index contributed by atoms with van der Waals surface area (Å²) in [7, 11) is 1.95. The Morgan fingerprint density at radius 3 is 2.58 bits per heavy atom. The van der Waals surface area contributed by atoms with Crippen LogP contribution in [0.15, 0.2) is 29.3 Å². The Morgan fingerprint density at radius 2 is 2.00 bits per heavy atom. The number of rotatable bonds is 6. The van der Waals surface area contributed by atoms with Crippen LogP contribution >= 0.6 is 0 Å². The topological polar surface area (TPSA) is 54.2 Å². The number of aromatic nitrogens is 2. The first-order valence-corrected chi connectivity index (χ1v) is 9.23. The van der Waals surface area contributed by atoms with E-state index >= 15 is 0 Å². The highest BCUT2D eigenvalue weighted by atomic mass is 19.1. The summed E-state index contributed by atoms with van der Waals surface area (Å²) in [5.41, 5.74) is 3.99. The summed E-state index contributed by atoms with van der Waals surface area (Å²) in [4.78, 5) is 4.71. The Hall–Kier alpha value is -2.37. The second-order valence-corrected chi connectivity index (χ2v) is 7.08. The Bertz CT molecular complexity index is 805. The molecule has 1 heterocycles. The van der Waals surface area contributed by atoms with E-state index in [0.717, 1.165) is 47.9 Å². The van der Waals surface area contributed by atoms with E-state index in [-0.39, 0.29) is 11.2 Å². The molecule has 1 saturated carbocycles. The fourth-order valence-electron chi connectivity index (χ4n) is 3.38. The van der Waals surface area contributed by atoms with E-state index in [1.165, 1.54) is 0 Å². The molecular formula is C20H28FN5. The molecule has 0 aliphatic heterocycles. The van der Waals surface area contributed by atoms with Gasteiger partial charge in [0.2, 0.25) is 0 Å². The number of guanidine groups is 1. The van der Waals surface area contributed by atoms with Gasteiger partial charge in [-0.3, -0.25) is 4.68 Å². The summed E-state index contributed by atoms with van der Waals surface area (Å²) in [6.45, 7) is 8.15. The molecule has 5 nitrogen and oxygen atoms in total. The summed E-state index contributed by atoms with van der Waals surface area (Å²) in [5.74, 6) is 0.646. The van der Waals surface area contributed by atoms with E-state index in [1.807, 2.05) is 37.7 Å². The highest BCUT2D eigenvalue weighted by Gasteiger charge is 2.45. The first kappa shape index (κ1) is 18.4. The van der Waals surface area contributed by atoms with Gasteiger partial charge in [-0.25, -0.2) is 9.38 Å². The maximum absolute atomic E-state index is 14.2. The van der Waals surface area contributed by atoms with Crippen LogP contribution in [-0.2, 0) is 19.0 Å². The number of halogens is 1. The monoisotopic (exact) mass is 357 g/mol. The van der Waals surface area contributed by atoms with Gasteiger partial charge in [0.1, 0.15) is 5.82 Å². The smallest absolute Gasteiger partial charge is 0.191 e. The fraction of sp³-hybridized carbons (Fsp3) is 0.500. The van der Waals surface area contributed by atoms with Crippen molar-refractivity contribution in [2.75, 3.05) is 13.1 Å². The van der Waals surface area contributed by atoms with E-state index in [9.17, 15) is 4.39 Å². The lowest BCUT2D eigenvalue weighted by Gasteiger charge is -2.19. The molecular weight excluding hydrogens is 329 g/mol. The third-order valence-electron chi connectivity index (χ3n) is 5.29. The fourth-order valence-corrected chi connectivity index (χ4v) is 3.38. The molecule has 0 atom stereocenters. The van der Waals surface area contributed by atoms with Gasteiger partial charge in [-0.15, -0.1) is 0 Å². The summed E-state index contributed by atoms with van der Waals surface area (Å²) in [5, 5.41) is 11.1. The van der Waals surface area contributed by atoms with Gasteiger partial charge in [0, 0.05) is 36.8 Å². The van der Waals surface area contributed by atoms with E-state index in [1.54, 1.807) is 12.1 Å². The minimum atomic E-state index is -0.115. The highest BCUT2D eigenvalue weighted by Crippen LogP contribution is 2.48. The molecule has 1 aliphatic carbocycles. The lowest BCUT2D eigenvalue weighted by Crippen LogP contribution is -2.41. The van der Waals surface area contributed by atoms with Crippen LogP contribution < -0.4 is 10.6 Å². The van der Waals surface area contributed by atoms with Gasteiger partial charge < -0.3 is 10.6 Å². The maximum Gasteiger partial charge on any atom is 0.191 e. The standard InChI is InChI=1S/C20H28FN5/c1-5-22-19(23-12-16-14(2)25-26(4)15(16)3)24-13-20(10-11-20)17-8-6-7-9-18(17)21/h6-9H,5,10-13H2,1-4H3,(H2,22,23,24). The number of benzene rings is 1. The molecule has 0 unspecified atom stereocenters. The Kier molecular flexibility index (Phi) is 5.30. The van der Waals surface area contributed by atoms with Crippen molar-refractivity contribution in [3.05, 3.63) is 52.6 Å². The van der Waals surface area contributed by atoms with E-state index in [0.29, 0.717) is 13.1 Å². The van der Waals surface area contributed by atoms with Crippen LogP contribution in [-0.4, -0.2) is 28.8 Å². The largest absolute Gasteiger partial charge is 0.357 e. The van der Waals surface area contributed by atoms with E-state index in [4.69, 9.17) is 4.99 Å². The van der Waals surface area contributed by atoms with Crippen LogP contribution in [0.2, 0.25) is 0 Å². The highest BCUT2D eigenvalue weighted by molar-refractivity contribution is 5.80. The zero-order valence-corrected chi connectivity index (χ0v) is 16.1. The zero-order chi connectivity index (χ0) is 18.7. The normalized spacial score (nSPS) is 15.8. The molecule has 1 fully saturated rings. The predicted molar refractivity (Wildman–Crippen MR) is 103 cm³/mol. The Balaban J connectivity index is 1.70. The summed E-state index contributed by atoms with van der Waals surface area (Å²) in [6, 6.07) is 7.09. The molecule has 6 heteroatoms. The number of hydrogen-bond donors (Lipinski definition) is 2. The summed E-state index contributed by atoms with van der Waals surface area (Å²) in [6.07, 6.45) is 2.00. The molecule has 0 bridgehead atoms. The Labute approximate surface area is 154 Å². The molecule has 1 aromatic carbocycles. The molecule has 0 saturated heterocycles. The van der Waals surface area contributed by atoms with Gasteiger partial charge >= 0.3 is 0 Å². The second-order valence-electron chi connectivity index (χ2n) is 7.08. The SMILES string of the molecule is CCNC(=NCc1c(C)nn(C)c1C)NCC1(c2ccccc2F)CC1. The van der Waals surface area contributed by atoms with Gasteiger partial charge in [0.15, 0.2) is 5.96 Å². The molecule has 3 rings (SSSR count). The van der Waals surface area contributed by atoms with Crippen molar-refractivity contribution in [2.45, 2.75) is 45.6 Å². The van der Waals surface area contributed by atoms with Crippen LogP contribution in [0.3, 0.4) is 0 Å². The molecule has 1 aromatic heterocycles. The first-order chi connectivity index (χ1) is 12.5. The number of aliphatic imine (C=N–C) groups is 1. The van der Waals surface area contributed by atoms with Gasteiger partial charge in [-0.2, -0.15) is 5.10 Å². The number of nitrogens with one attached hydrogen (secondary N) is 2. The van der Waals surface area contributed by atoms with Gasteiger partial charge in [0.25, 0.3) is 0 Å². The predicted octanol–water partition coefficient (Wildman–Crippen LogP) is 2.96. The van der Waals surface area contributed by atoms with Crippen LogP contribution in [0, 0.1) is 19.7 Å². The number of aryl methyl sites for hydroxylation is 2. The van der Waals surface area contributed by atoms with Crippen LogP contribution in [0.1, 0.15) is 42.3 Å². The van der Waals surface area contributed by atoms with Crippen LogP contribution in [0.4, 0.5) is 4.39 Å². The molecule has 0 spiro atoms. The molecule has 2 N–H and O–H groups in total. The molecule has 1 aliphatic rings. The summed E-state index contributed by atoms with van der Waals surface area (Å²) >= 11 is 0. The second kappa shape index (κ2) is 7.48. The van der Waals surface area contributed by atoms with Gasteiger partial charge in [-0.05, 0) is 45.2 Å². The molecule has 26 heavy (non-hydrogen) atoms. The van der Waals surface area contributed by atoms with Gasteiger partial charge in [-0.1, -0.05) is 18.2 Å². The third-order valence-corrected chi connectivity index (χ3v) is 5.29. The molecule has 0 radical (unpaired) electrons. The van der Waals surface area contributed by atoms with Crippen molar-refractivity contribution in [3.8, 4) is 0 Å². The Morgan fingerprint density at radius 1 is 1.27 bits per heavy atom. The number of hydrogen-bond acceptors (Lipinski definition) is 2. The minimum absolute atomic E-state index is 0.109. The molecule has 140 valence electrons. The van der Waals surface area contributed by atoms with Crippen molar-refractivity contribution in [1.29, 1.82) is 0 Å². The summed E-state index contributed by atoms with van der Waals surface area (Å²) < 4.78 is 16.1. The van der Waals surface area contributed by atoms with Crippen molar-refractivity contribution in [1.82, 2.24) is 20.4 Å². The number of nitrogens with zero attached hydrogens (tertiary/aromatic N) is 3. The van der Waals surface area contributed by atoms with Crippen molar-refractivity contribution < 1.29 is 4.39 Å². The van der Waals surface area contributed by atoms with Crippen molar-refractivity contribution in [2.24, 2.45) is 12.0 Å². The van der Waals surface area contributed by atoms with E-state index in [2.05, 4.69) is 22.7 Å². The van der Waals surface area contributed by atoms with Crippen LogP contribution in [0.5, 0.6) is 0 Å². The average molecular weight is 357 g/mol. The lowest BCUT2D eigenvalue weighted by molar-refractivity contribution is 0.559. The minimum Gasteiger partial charge on any atom is -0.357 e. The maximum atomic E-state index is 14.2.